The number of aromatic nitrogens is 2. The van der Waals surface area contributed by atoms with E-state index in [0.29, 0.717) is 25.8 Å². The highest BCUT2D eigenvalue weighted by molar-refractivity contribution is 5.75. The molecule has 1 fully saturated rings. The molecule has 2 atom stereocenters. The van der Waals surface area contributed by atoms with Crippen LogP contribution in [0, 0.1) is 6.92 Å². The Hall–Kier alpha value is -2.44. The van der Waals surface area contributed by atoms with E-state index in [1.807, 2.05) is 43.3 Å². The van der Waals surface area contributed by atoms with Crippen LogP contribution >= 0.6 is 0 Å². The lowest BCUT2D eigenvalue weighted by Crippen LogP contribution is -2.44. The van der Waals surface area contributed by atoms with Crippen molar-refractivity contribution in [2.75, 3.05) is 18.5 Å². The van der Waals surface area contributed by atoms with E-state index in [1.165, 1.54) is 0 Å². The second-order valence-electron chi connectivity index (χ2n) is 6.28. The smallest absolute Gasteiger partial charge is 0.296 e. The topological polar surface area (TPSA) is 69.4 Å². The molecule has 130 valence electrons. The fraction of sp³-hybridized carbons (Fsp3) is 0.368. The van der Waals surface area contributed by atoms with Crippen molar-refractivity contribution in [3.63, 3.8) is 0 Å². The Morgan fingerprint density at radius 2 is 2.24 bits per heavy atom. The maximum Gasteiger partial charge on any atom is 0.296 e. The van der Waals surface area contributed by atoms with Crippen LogP contribution in [0.2, 0.25) is 0 Å². The molecular formula is C19H21N3O3. The quantitative estimate of drug-likeness (QED) is 0.769. The summed E-state index contributed by atoms with van der Waals surface area (Å²) in [5.41, 5.74) is 3.70. The van der Waals surface area contributed by atoms with Crippen molar-refractivity contribution in [2.45, 2.75) is 32.1 Å². The number of hydrogen-bond donors (Lipinski definition) is 1. The lowest BCUT2D eigenvalue weighted by Gasteiger charge is -2.31. The van der Waals surface area contributed by atoms with Gasteiger partial charge in [0.1, 0.15) is 5.52 Å². The average molecular weight is 339 g/mol. The second-order valence-corrected chi connectivity index (χ2v) is 6.28. The standard InChI is InChI=1S/C19H21N3O3/c1-13-5-6-18-15(10-13)21-19(25-18)22-16-12-23-9-7-17(16)24-11-14-4-2-3-8-20-14/h2-6,8,10,16-17H,7,9,11-12H2,1H3,(H,21,22)/t16-,17-/m1/s1. The number of aryl methyl sites for hydroxylation is 1. The summed E-state index contributed by atoms with van der Waals surface area (Å²) in [6.07, 6.45) is 2.62. The Morgan fingerprint density at radius 3 is 3.12 bits per heavy atom. The van der Waals surface area contributed by atoms with Gasteiger partial charge in [-0.2, -0.15) is 4.98 Å². The van der Waals surface area contributed by atoms with Crippen LogP contribution in [0.1, 0.15) is 17.7 Å². The molecule has 0 unspecified atom stereocenters. The first-order valence-corrected chi connectivity index (χ1v) is 8.51. The van der Waals surface area contributed by atoms with Crippen LogP contribution in [0.25, 0.3) is 11.1 Å². The van der Waals surface area contributed by atoms with Crippen LogP contribution in [-0.4, -0.2) is 35.3 Å². The molecule has 1 N–H and O–H groups in total. The summed E-state index contributed by atoms with van der Waals surface area (Å²) in [6, 6.07) is 12.3. The molecule has 0 spiro atoms. The number of benzene rings is 1. The van der Waals surface area contributed by atoms with Crippen molar-refractivity contribution in [1.29, 1.82) is 0 Å². The molecule has 1 aliphatic rings. The zero-order valence-electron chi connectivity index (χ0n) is 14.1. The van der Waals surface area contributed by atoms with Gasteiger partial charge in [-0.3, -0.25) is 4.98 Å². The van der Waals surface area contributed by atoms with E-state index in [0.717, 1.165) is 28.8 Å². The van der Waals surface area contributed by atoms with E-state index in [4.69, 9.17) is 13.9 Å². The number of fused-ring (bicyclic) bond motifs is 1. The molecule has 0 aliphatic carbocycles. The molecule has 0 amide bonds. The summed E-state index contributed by atoms with van der Waals surface area (Å²) >= 11 is 0. The fourth-order valence-corrected chi connectivity index (χ4v) is 2.99. The predicted molar refractivity (Wildman–Crippen MR) is 94.4 cm³/mol. The fourth-order valence-electron chi connectivity index (χ4n) is 2.99. The van der Waals surface area contributed by atoms with Gasteiger partial charge in [0.05, 0.1) is 31.1 Å². The highest BCUT2D eigenvalue weighted by Crippen LogP contribution is 2.23. The van der Waals surface area contributed by atoms with Crippen molar-refractivity contribution >= 4 is 17.1 Å². The van der Waals surface area contributed by atoms with E-state index in [9.17, 15) is 0 Å². The predicted octanol–water partition coefficient (Wildman–Crippen LogP) is 3.32. The Kier molecular flexibility index (Phi) is 4.63. The Balaban J connectivity index is 1.44. The Morgan fingerprint density at radius 1 is 1.28 bits per heavy atom. The van der Waals surface area contributed by atoms with Crippen LogP contribution in [0.3, 0.4) is 0 Å². The number of ether oxygens (including phenoxy) is 2. The minimum Gasteiger partial charge on any atom is -0.424 e. The molecule has 0 saturated carbocycles. The van der Waals surface area contributed by atoms with Crippen molar-refractivity contribution in [3.8, 4) is 0 Å². The van der Waals surface area contributed by atoms with Gasteiger partial charge in [-0.05, 0) is 43.2 Å². The monoisotopic (exact) mass is 339 g/mol. The Labute approximate surface area is 146 Å². The van der Waals surface area contributed by atoms with Crippen LogP contribution in [0.4, 0.5) is 6.01 Å². The zero-order chi connectivity index (χ0) is 17.1. The highest BCUT2D eigenvalue weighted by Gasteiger charge is 2.28. The van der Waals surface area contributed by atoms with Gasteiger partial charge in [0, 0.05) is 12.8 Å². The third kappa shape index (κ3) is 3.81. The number of pyridine rings is 1. The number of oxazole rings is 1. The summed E-state index contributed by atoms with van der Waals surface area (Å²) in [4.78, 5) is 8.82. The minimum absolute atomic E-state index is 0.00776. The number of nitrogens with one attached hydrogen (secondary N) is 1. The summed E-state index contributed by atoms with van der Waals surface area (Å²) in [5, 5.41) is 3.33. The van der Waals surface area contributed by atoms with Gasteiger partial charge in [0.15, 0.2) is 5.58 Å². The van der Waals surface area contributed by atoms with E-state index < -0.39 is 0 Å². The number of nitrogens with zero attached hydrogens (tertiary/aromatic N) is 2. The van der Waals surface area contributed by atoms with Crippen molar-refractivity contribution in [3.05, 3.63) is 53.9 Å². The molecule has 3 aromatic rings. The summed E-state index contributed by atoms with van der Waals surface area (Å²) in [6.45, 7) is 3.77. The van der Waals surface area contributed by atoms with Gasteiger partial charge < -0.3 is 19.2 Å². The van der Waals surface area contributed by atoms with Crippen molar-refractivity contribution < 1.29 is 13.9 Å². The van der Waals surface area contributed by atoms with Crippen LogP contribution in [0.15, 0.2) is 47.0 Å². The molecular weight excluding hydrogens is 318 g/mol. The SMILES string of the molecule is Cc1ccc2oc(N[C@@H]3COCC[C@H]3OCc3ccccn3)nc2c1. The normalized spacial score (nSPS) is 20.7. The summed E-state index contributed by atoms with van der Waals surface area (Å²) < 4.78 is 17.5. The molecule has 0 radical (unpaired) electrons. The largest absolute Gasteiger partial charge is 0.424 e. The molecule has 25 heavy (non-hydrogen) atoms. The van der Waals surface area contributed by atoms with Gasteiger partial charge >= 0.3 is 0 Å². The van der Waals surface area contributed by atoms with Crippen LogP contribution in [0.5, 0.6) is 0 Å². The van der Waals surface area contributed by atoms with Gasteiger partial charge in [-0.25, -0.2) is 0 Å². The number of rotatable bonds is 5. The molecule has 1 aromatic carbocycles. The molecule has 4 rings (SSSR count). The summed E-state index contributed by atoms with van der Waals surface area (Å²) in [5.74, 6) is 0. The van der Waals surface area contributed by atoms with Crippen LogP contribution < -0.4 is 5.32 Å². The molecule has 6 nitrogen and oxygen atoms in total. The van der Waals surface area contributed by atoms with Crippen molar-refractivity contribution in [1.82, 2.24) is 9.97 Å². The van der Waals surface area contributed by atoms with Gasteiger partial charge in [-0.1, -0.05) is 12.1 Å². The van der Waals surface area contributed by atoms with E-state index in [1.54, 1.807) is 6.20 Å². The maximum absolute atomic E-state index is 6.07. The number of hydrogen-bond acceptors (Lipinski definition) is 6. The maximum atomic E-state index is 6.07. The third-order valence-electron chi connectivity index (χ3n) is 4.32. The Bertz CT molecular complexity index is 834. The molecule has 3 heterocycles. The molecule has 1 aliphatic heterocycles. The molecule has 2 aromatic heterocycles. The third-order valence-corrected chi connectivity index (χ3v) is 4.32. The van der Waals surface area contributed by atoms with E-state index in [2.05, 4.69) is 15.3 Å². The second kappa shape index (κ2) is 7.21. The lowest BCUT2D eigenvalue weighted by molar-refractivity contribution is -0.0491. The van der Waals surface area contributed by atoms with Crippen molar-refractivity contribution in [2.24, 2.45) is 0 Å². The van der Waals surface area contributed by atoms with Crippen LogP contribution in [-0.2, 0) is 16.1 Å². The van der Waals surface area contributed by atoms with E-state index in [-0.39, 0.29) is 12.1 Å². The average Bonchev–Trinajstić information content (AvgIpc) is 3.03. The number of anilines is 1. The first kappa shape index (κ1) is 16.1. The van der Waals surface area contributed by atoms with Gasteiger partial charge in [0.25, 0.3) is 6.01 Å². The first-order valence-electron chi connectivity index (χ1n) is 8.51. The molecule has 1 saturated heterocycles. The highest BCUT2D eigenvalue weighted by atomic mass is 16.5. The molecule has 0 bridgehead atoms. The van der Waals surface area contributed by atoms with E-state index >= 15 is 0 Å². The van der Waals surface area contributed by atoms with Gasteiger partial charge in [-0.15, -0.1) is 0 Å². The summed E-state index contributed by atoms with van der Waals surface area (Å²) in [7, 11) is 0. The zero-order valence-corrected chi connectivity index (χ0v) is 14.1. The van der Waals surface area contributed by atoms with Gasteiger partial charge in [0.2, 0.25) is 0 Å². The first-order chi connectivity index (χ1) is 12.3. The lowest BCUT2D eigenvalue weighted by atomic mass is 10.1. The minimum atomic E-state index is -0.00776. The molecule has 6 heteroatoms.